The van der Waals surface area contributed by atoms with Gasteiger partial charge < -0.3 is 15.7 Å². The lowest BCUT2D eigenvalue weighted by Crippen LogP contribution is -2.43. The smallest absolute Gasteiger partial charge is 0.335 e. The molecule has 1 aromatic carbocycles. The molecule has 5 heteroatoms. The van der Waals surface area contributed by atoms with Crippen LogP contribution in [0.15, 0.2) is 18.2 Å². The Kier molecular flexibility index (Phi) is 3.43. The van der Waals surface area contributed by atoms with Crippen LogP contribution in [-0.2, 0) is 0 Å². The standard InChI is InChI=1S/C13H18N2O2S/c1-13(2)8-15(5-6-18-13)11-7-9(12(16)17)3-4-10(11)14/h3-4,7H,5-6,8,14H2,1-2H3,(H,16,17). The maximum Gasteiger partial charge on any atom is 0.335 e. The van der Waals surface area contributed by atoms with E-state index in [0.717, 1.165) is 24.5 Å². The Hall–Kier alpha value is -1.36. The summed E-state index contributed by atoms with van der Waals surface area (Å²) >= 11 is 1.94. The fourth-order valence-corrected chi connectivity index (χ4v) is 3.28. The molecule has 1 aromatic rings. The minimum Gasteiger partial charge on any atom is -0.478 e. The van der Waals surface area contributed by atoms with Crippen LogP contribution >= 0.6 is 11.8 Å². The van der Waals surface area contributed by atoms with Crippen LogP contribution in [-0.4, -0.2) is 34.7 Å². The molecule has 4 nitrogen and oxygen atoms in total. The second-order valence-corrected chi connectivity index (χ2v) is 6.91. The summed E-state index contributed by atoms with van der Waals surface area (Å²) in [6.07, 6.45) is 0. The Labute approximate surface area is 111 Å². The number of carbonyl (C=O) groups is 1. The summed E-state index contributed by atoms with van der Waals surface area (Å²) < 4.78 is 0.171. The van der Waals surface area contributed by atoms with E-state index in [0.29, 0.717) is 5.69 Å². The van der Waals surface area contributed by atoms with E-state index in [4.69, 9.17) is 10.8 Å². The highest BCUT2D eigenvalue weighted by Crippen LogP contribution is 2.34. The van der Waals surface area contributed by atoms with Gasteiger partial charge in [-0.25, -0.2) is 4.79 Å². The van der Waals surface area contributed by atoms with Gasteiger partial charge in [-0.3, -0.25) is 0 Å². The number of hydrogen-bond acceptors (Lipinski definition) is 4. The van der Waals surface area contributed by atoms with Crippen LogP contribution < -0.4 is 10.6 Å². The van der Waals surface area contributed by atoms with Gasteiger partial charge in [0, 0.05) is 23.6 Å². The molecule has 0 radical (unpaired) electrons. The molecular weight excluding hydrogens is 248 g/mol. The Morgan fingerprint density at radius 3 is 2.83 bits per heavy atom. The molecule has 1 fully saturated rings. The average molecular weight is 266 g/mol. The van der Waals surface area contributed by atoms with Crippen LogP contribution in [0, 0.1) is 0 Å². The van der Waals surface area contributed by atoms with Crippen molar-refractivity contribution < 1.29 is 9.90 Å². The summed E-state index contributed by atoms with van der Waals surface area (Å²) in [6.45, 7) is 6.18. The molecule has 18 heavy (non-hydrogen) atoms. The van der Waals surface area contributed by atoms with Crippen molar-refractivity contribution >= 4 is 29.1 Å². The molecule has 0 bridgehead atoms. The normalized spacial score (nSPS) is 18.7. The predicted octanol–water partition coefficient (Wildman–Crippen LogP) is 2.30. The zero-order valence-electron chi connectivity index (χ0n) is 10.6. The number of aromatic carboxylic acids is 1. The number of thioether (sulfide) groups is 1. The van der Waals surface area contributed by atoms with Crippen LogP contribution in [0.4, 0.5) is 11.4 Å². The third-order valence-electron chi connectivity index (χ3n) is 3.04. The Morgan fingerprint density at radius 2 is 2.22 bits per heavy atom. The second kappa shape index (κ2) is 4.72. The number of carboxylic acid groups (broad SMARTS) is 1. The van der Waals surface area contributed by atoms with Gasteiger partial charge in [0.1, 0.15) is 0 Å². The summed E-state index contributed by atoms with van der Waals surface area (Å²) in [5.41, 5.74) is 7.73. The fraction of sp³-hybridized carbons (Fsp3) is 0.462. The summed E-state index contributed by atoms with van der Waals surface area (Å²) in [6, 6.07) is 4.89. The number of nitrogen functional groups attached to an aromatic ring is 1. The number of carboxylic acids is 1. The van der Waals surface area contributed by atoms with Gasteiger partial charge >= 0.3 is 5.97 Å². The molecule has 1 saturated heterocycles. The van der Waals surface area contributed by atoms with Gasteiger partial charge in [0.25, 0.3) is 0 Å². The molecule has 1 aliphatic heterocycles. The van der Waals surface area contributed by atoms with Gasteiger partial charge in [-0.2, -0.15) is 11.8 Å². The monoisotopic (exact) mass is 266 g/mol. The lowest BCUT2D eigenvalue weighted by molar-refractivity contribution is 0.0697. The third kappa shape index (κ3) is 2.72. The summed E-state index contributed by atoms with van der Waals surface area (Å²) in [5, 5.41) is 9.04. The van der Waals surface area contributed by atoms with Crippen LogP contribution in [0.1, 0.15) is 24.2 Å². The van der Waals surface area contributed by atoms with E-state index < -0.39 is 5.97 Å². The van der Waals surface area contributed by atoms with E-state index in [1.165, 1.54) is 0 Å². The SMILES string of the molecule is CC1(C)CN(c2cc(C(=O)O)ccc2N)CCS1. The number of rotatable bonds is 2. The molecule has 1 aliphatic rings. The third-order valence-corrected chi connectivity index (χ3v) is 4.34. The zero-order chi connectivity index (χ0) is 13.3. The minimum absolute atomic E-state index is 0.171. The number of nitrogens with zero attached hydrogens (tertiary/aromatic N) is 1. The molecule has 0 aliphatic carbocycles. The molecular formula is C13H18N2O2S. The van der Waals surface area contributed by atoms with E-state index in [1.807, 2.05) is 11.8 Å². The molecule has 0 aromatic heterocycles. The van der Waals surface area contributed by atoms with E-state index in [9.17, 15) is 4.79 Å². The predicted molar refractivity (Wildman–Crippen MR) is 76.6 cm³/mol. The molecule has 98 valence electrons. The highest BCUT2D eigenvalue weighted by molar-refractivity contribution is 8.00. The average Bonchev–Trinajstić information content (AvgIpc) is 2.27. The van der Waals surface area contributed by atoms with Crippen molar-refractivity contribution in [3.05, 3.63) is 23.8 Å². The Morgan fingerprint density at radius 1 is 1.50 bits per heavy atom. The lowest BCUT2D eigenvalue weighted by atomic mass is 10.1. The highest BCUT2D eigenvalue weighted by Gasteiger charge is 2.28. The quantitative estimate of drug-likeness (QED) is 0.804. The van der Waals surface area contributed by atoms with Gasteiger partial charge in [0.15, 0.2) is 0 Å². The van der Waals surface area contributed by atoms with Gasteiger partial charge in [0.05, 0.1) is 16.9 Å². The highest BCUT2D eigenvalue weighted by atomic mass is 32.2. The van der Waals surface area contributed by atoms with Crippen LogP contribution in [0.5, 0.6) is 0 Å². The van der Waals surface area contributed by atoms with Crippen molar-refractivity contribution in [2.45, 2.75) is 18.6 Å². The molecule has 3 N–H and O–H groups in total. The van der Waals surface area contributed by atoms with Gasteiger partial charge in [0.2, 0.25) is 0 Å². The largest absolute Gasteiger partial charge is 0.478 e. The summed E-state index contributed by atoms with van der Waals surface area (Å²) in [7, 11) is 0. The first-order valence-electron chi connectivity index (χ1n) is 5.91. The van der Waals surface area contributed by atoms with Crippen LogP contribution in [0.25, 0.3) is 0 Å². The van der Waals surface area contributed by atoms with Crippen molar-refractivity contribution in [1.82, 2.24) is 0 Å². The van der Waals surface area contributed by atoms with E-state index in [2.05, 4.69) is 18.7 Å². The number of nitrogens with two attached hydrogens (primary N) is 1. The van der Waals surface area contributed by atoms with Gasteiger partial charge in [-0.1, -0.05) is 0 Å². The fourth-order valence-electron chi connectivity index (χ4n) is 2.17. The van der Waals surface area contributed by atoms with Crippen molar-refractivity contribution in [2.75, 3.05) is 29.5 Å². The number of benzene rings is 1. The molecule has 2 rings (SSSR count). The first kappa shape index (κ1) is 13.1. The minimum atomic E-state index is -0.915. The molecule has 0 atom stereocenters. The van der Waals surface area contributed by atoms with E-state index in [1.54, 1.807) is 18.2 Å². The first-order valence-corrected chi connectivity index (χ1v) is 6.89. The maximum atomic E-state index is 11.0. The molecule has 0 spiro atoms. The lowest BCUT2D eigenvalue weighted by Gasteiger charge is -2.39. The number of anilines is 2. The topological polar surface area (TPSA) is 66.6 Å². The van der Waals surface area contributed by atoms with Gasteiger partial charge in [-0.15, -0.1) is 0 Å². The first-order chi connectivity index (χ1) is 8.39. The van der Waals surface area contributed by atoms with Crippen molar-refractivity contribution in [2.24, 2.45) is 0 Å². The Balaban J connectivity index is 2.32. The Bertz CT molecular complexity index is 474. The molecule has 0 saturated carbocycles. The van der Waals surface area contributed by atoms with E-state index >= 15 is 0 Å². The number of hydrogen-bond donors (Lipinski definition) is 2. The molecule has 0 unspecified atom stereocenters. The second-order valence-electron chi connectivity index (χ2n) is 5.11. The zero-order valence-corrected chi connectivity index (χ0v) is 11.5. The molecule has 1 heterocycles. The maximum absolute atomic E-state index is 11.0. The van der Waals surface area contributed by atoms with Crippen molar-refractivity contribution in [3.8, 4) is 0 Å². The van der Waals surface area contributed by atoms with Crippen LogP contribution in [0.2, 0.25) is 0 Å². The van der Waals surface area contributed by atoms with E-state index in [-0.39, 0.29) is 10.3 Å². The summed E-state index contributed by atoms with van der Waals surface area (Å²) in [4.78, 5) is 13.2. The van der Waals surface area contributed by atoms with Gasteiger partial charge in [-0.05, 0) is 32.0 Å². The molecule has 0 amide bonds. The van der Waals surface area contributed by atoms with Crippen molar-refractivity contribution in [1.29, 1.82) is 0 Å². The van der Waals surface area contributed by atoms with Crippen LogP contribution in [0.3, 0.4) is 0 Å². The van der Waals surface area contributed by atoms with Crippen molar-refractivity contribution in [3.63, 3.8) is 0 Å². The summed E-state index contributed by atoms with van der Waals surface area (Å²) in [5.74, 6) is 0.117.